The summed E-state index contributed by atoms with van der Waals surface area (Å²) in [4.78, 5) is 25.3. The molecule has 0 atom stereocenters. The van der Waals surface area contributed by atoms with Gasteiger partial charge < -0.3 is 15.4 Å². The molecule has 0 fully saturated rings. The van der Waals surface area contributed by atoms with Crippen LogP contribution in [0.3, 0.4) is 0 Å². The summed E-state index contributed by atoms with van der Waals surface area (Å²) in [5.74, 6) is -2.48. The lowest BCUT2D eigenvalue weighted by Gasteiger charge is -2.13. The molecule has 164 valence electrons. The molecule has 2 N–H and O–H groups in total. The molecule has 0 aliphatic rings. The fourth-order valence-electron chi connectivity index (χ4n) is 2.63. The Bertz CT molecular complexity index is 1130. The SMILES string of the molecule is O=C(Nc1ccc(OC(F)(F)F)cc1)/C(=C/c1ccccc1F)NC(=O)c1ccccc1. The summed E-state index contributed by atoms with van der Waals surface area (Å²) in [5, 5.41) is 4.89. The van der Waals surface area contributed by atoms with E-state index in [0.29, 0.717) is 0 Å². The van der Waals surface area contributed by atoms with Crippen molar-refractivity contribution in [2.45, 2.75) is 6.36 Å². The van der Waals surface area contributed by atoms with Crippen LogP contribution >= 0.6 is 0 Å². The number of ether oxygens (including phenoxy) is 1. The van der Waals surface area contributed by atoms with E-state index in [4.69, 9.17) is 0 Å². The molecule has 0 saturated carbocycles. The van der Waals surface area contributed by atoms with E-state index in [-0.39, 0.29) is 22.5 Å². The average molecular weight is 444 g/mol. The van der Waals surface area contributed by atoms with Crippen LogP contribution in [0, 0.1) is 5.82 Å². The normalized spacial score (nSPS) is 11.6. The Labute approximate surface area is 180 Å². The average Bonchev–Trinajstić information content (AvgIpc) is 2.75. The van der Waals surface area contributed by atoms with Crippen molar-refractivity contribution in [3.05, 3.63) is 102 Å². The van der Waals surface area contributed by atoms with E-state index < -0.39 is 29.7 Å². The monoisotopic (exact) mass is 444 g/mol. The maximum absolute atomic E-state index is 14.1. The Morgan fingerprint density at radius 1 is 0.844 bits per heavy atom. The minimum absolute atomic E-state index is 0.0555. The zero-order chi connectivity index (χ0) is 23.1. The van der Waals surface area contributed by atoms with Crippen LogP contribution in [0.4, 0.5) is 23.2 Å². The van der Waals surface area contributed by atoms with Crippen molar-refractivity contribution in [2.24, 2.45) is 0 Å². The van der Waals surface area contributed by atoms with Crippen molar-refractivity contribution < 1.29 is 31.9 Å². The molecule has 0 aliphatic heterocycles. The molecular weight excluding hydrogens is 428 g/mol. The minimum atomic E-state index is -4.85. The fraction of sp³-hybridized carbons (Fsp3) is 0.0435. The Balaban J connectivity index is 1.83. The lowest BCUT2D eigenvalue weighted by atomic mass is 10.1. The Hall–Kier alpha value is -4.14. The number of rotatable bonds is 6. The van der Waals surface area contributed by atoms with E-state index >= 15 is 0 Å². The zero-order valence-corrected chi connectivity index (χ0v) is 16.3. The number of anilines is 1. The van der Waals surface area contributed by atoms with Crippen LogP contribution in [0.1, 0.15) is 15.9 Å². The molecular formula is C23H16F4N2O3. The number of amides is 2. The minimum Gasteiger partial charge on any atom is -0.406 e. The number of carbonyl (C=O) groups excluding carboxylic acids is 2. The molecule has 3 aromatic carbocycles. The van der Waals surface area contributed by atoms with Gasteiger partial charge in [-0.3, -0.25) is 9.59 Å². The van der Waals surface area contributed by atoms with E-state index in [2.05, 4.69) is 15.4 Å². The van der Waals surface area contributed by atoms with Crippen LogP contribution in [0.2, 0.25) is 0 Å². The van der Waals surface area contributed by atoms with Crippen molar-refractivity contribution >= 4 is 23.6 Å². The first-order chi connectivity index (χ1) is 15.2. The number of hydrogen-bond acceptors (Lipinski definition) is 3. The molecule has 0 bridgehead atoms. The molecule has 5 nitrogen and oxygen atoms in total. The molecule has 9 heteroatoms. The number of nitrogens with one attached hydrogen (secondary N) is 2. The lowest BCUT2D eigenvalue weighted by Crippen LogP contribution is -2.30. The number of alkyl halides is 3. The highest BCUT2D eigenvalue weighted by Gasteiger charge is 2.31. The molecule has 0 saturated heterocycles. The first-order valence-electron chi connectivity index (χ1n) is 9.21. The van der Waals surface area contributed by atoms with Gasteiger partial charge in [-0.1, -0.05) is 36.4 Å². The van der Waals surface area contributed by atoms with E-state index in [1.165, 1.54) is 42.5 Å². The molecule has 2 amide bonds. The van der Waals surface area contributed by atoms with Crippen LogP contribution < -0.4 is 15.4 Å². The smallest absolute Gasteiger partial charge is 0.406 e. The summed E-state index contributed by atoms with van der Waals surface area (Å²) in [5.41, 5.74) is 0.200. The van der Waals surface area contributed by atoms with Gasteiger partial charge in [0.05, 0.1) is 0 Å². The largest absolute Gasteiger partial charge is 0.573 e. The first kappa shape index (κ1) is 22.5. The van der Waals surface area contributed by atoms with Gasteiger partial charge in [0.15, 0.2) is 0 Å². The highest BCUT2D eigenvalue weighted by molar-refractivity contribution is 6.10. The maximum Gasteiger partial charge on any atom is 0.573 e. The van der Waals surface area contributed by atoms with Gasteiger partial charge in [-0.25, -0.2) is 4.39 Å². The second kappa shape index (κ2) is 9.78. The first-order valence-corrected chi connectivity index (χ1v) is 9.21. The van der Waals surface area contributed by atoms with Gasteiger partial charge in [-0.15, -0.1) is 13.2 Å². The van der Waals surface area contributed by atoms with Crippen molar-refractivity contribution in [2.75, 3.05) is 5.32 Å². The molecule has 0 unspecified atom stereocenters. The molecule has 0 heterocycles. The van der Waals surface area contributed by atoms with Gasteiger partial charge >= 0.3 is 6.36 Å². The quantitative estimate of drug-likeness (QED) is 0.409. The van der Waals surface area contributed by atoms with Crippen molar-refractivity contribution in [3.8, 4) is 5.75 Å². The second-order valence-electron chi connectivity index (χ2n) is 6.43. The van der Waals surface area contributed by atoms with Gasteiger partial charge in [0.1, 0.15) is 17.3 Å². The number of carbonyl (C=O) groups is 2. The summed E-state index contributed by atoms with van der Waals surface area (Å²) < 4.78 is 54.7. The van der Waals surface area contributed by atoms with Crippen molar-refractivity contribution in [1.29, 1.82) is 0 Å². The summed E-state index contributed by atoms with van der Waals surface area (Å²) >= 11 is 0. The van der Waals surface area contributed by atoms with E-state index in [1.807, 2.05) is 0 Å². The molecule has 3 aromatic rings. The molecule has 0 aliphatic carbocycles. The highest BCUT2D eigenvalue weighted by atomic mass is 19.4. The molecule has 3 rings (SSSR count). The van der Waals surface area contributed by atoms with Gasteiger partial charge in [0, 0.05) is 16.8 Å². The Morgan fingerprint density at radius 3 is 2.09 bits per heavy atom. The van der Waals surface area contributed by atoms with Crippen LogP contribution in [0.15, 0.2) is 84.6 Å². The van der Waals surface area contributed by atoms with Crippen LogP contribution in [-0.4, -0.2) is 18.2 Å². The van der Waals surface area contributed by atoms with Gasteiger partial charge in [-0.05, 0) is 48.5 Å². The van der Waals surface area contributed by atoms with Crippen LogP contribution in [0.25, 0.3) is 6.08 Å². The van der Waals surface area contributed by atoms with Gasteiger partial charge in [0.25, 0.3) is 11.8 Å². The highest BCUT2D eigenvalue weighted by Crippen LogP contribution is 2.24. The van der Waals surface area contributed by atoms with E-state index in [1.54, 1.807) is 24.3 Å². The standard InChI is InChI=1S/C23H16F4N2O3/c24-19-9-5-4-8-16(19)14-20(29-21(30)15-6-2-1-3-7-15)22(31)28-17-10-12-18(13-11-17)32-23(25,26)27/h1-14H,(H,28,31)(H,29,30)/b20-14-. The van der Waals surface area contributed by atoms with Crippen molar-refractivity contribution in [3.63, 3.8) is 0 Å². The molecule has 0 spiro atoms. The number of benzene rings is 3. The third-order valence-corrected chi connectivity index (χ3v) is 4.08. The van der Waals surface area contributed by atoms with Crippen molar-refractivity contribution in [1.82, 2.24) is 5.32 Å². The third-order valence-electron chi connectivity index (χ3n) is 4.08. The Kier molecular flexibility index (Phi) is 6.89. The summed E-state index contributed by atoms with van der Waals surface area (Å²) in [6, 6.07) is 18.1. The summed E-state index contributed by atoms with van der Waals surface area (Å²) in [6.07, 6.45) is -3.69. The molecule has 0 radical (unpaired) electrons. The second-order valence-corrected chi connectivity index (χ2v) is 6.43. The van der Waals surface area contributed by atoms with Gasteiger partial charge in [-0.2, -0.15) is 0 Å². The van der Waals surface area contributed by atoms with Crippen LogP contribution in [0.5, 0.6) is 5.75 Å². The lowest BCUT2D eigenvalue weighted by molar-refractivity contribution is -0.274. The topological polar surface area (TPSA) is 67.4 Å². The maximum atomic E-state index is 14.1. The third kappa shape index (κ3) is 6.43. The van der Waals surface area contributed by atoms with E-state index in [0.717, 1.165) is 18.2 Å². The zero-order valence-electron chi connectivity index (χ0n) is 16.3. The number of hydrogen-bond donors (Lipinski definition) is 2. The van der Waals surface area contributed by atoms with Gasteiger partial charge in [0.2, 0.25) is 0 Å². The molecule has 32 heavy (non-hydrogen) atoms. The summed E-state index contributed by atoms with van der Waals surface area (Å²) in [7, 11) is 0. The predicted octanol–water partition coefficient (Wildman–Crippen LogP) is 5.13. The van der Waals surface area contributed by atoms with Crippen LogP contribution in [-0.2, 0) is 4.79 Å². The Morgan fingerprint density at radius 2 is 1.47 bits per heavy atom. The molecule has 0 aromatic heterocycles. The number of halogens is 4. The summed E-state index contributed by atoms with van der Waals surface area (Å²) in [6.45, 7) is 0. The fourth-order valence-corrected chi connectivity index (χ4v) is 2.63. The predicted molar refractivity (Wildman–Crippen MR) is 110 cm³/mol. The van der Waals surface area contributed by atoms with E-state index in [9.17, 15) is 27.2 Å².